The second kappa shape index (κ2) is 5.88. The number of hydrogen-bond acceptors (Lipinski definition) is 8. The van der Waals surface area contributed by atoms with Crippen LogP contribution in [0.3, 0.4) is 0 Å². The van der Waals surface area contributed by atoms with Gasteiger partial charge in [-0.1, -0.05) is 0 Å². The van der Waals surface area contributed by atoms with E-state index in [1.165, 1.54) is 18.9 Å². The number of nitrogens with two attached hydrogens (primary N) is 1. The van der Waals surface area contributed by atoms with Crippen LogP contribution in [0.4, 0.5) is 5.82 Å². The number of nitrogen functional groups attached to an aromatic ring is 1. The quantitative estimate of drug-likeness (QED) is 0.682. The monoisotopic (exact) mass is 363 g/mol. The summed E-state index contributed by atoms with van der Waals surface area (Å²) in [6, 6.07) is 5.12. The summed E-state index contributed by atoms with van der Waals surface area (Å²) in [4.78, 5) is 8.26. The van der Waals surface area contributed by atoms with E-state index in [1.807, 2.05) is 0 Å². The molecular formula is C15H17N5O4S. The lowest BCUT2D eigenvalue weighted by Crippen LogP contribution is -2.06. The summed E-state index contributed by atoms with van der Waals surface area (Å²) >= 11 is 0. The summed E-state index contributed by atoms with van der Waals surface area (Å²) < 4.78 is 36.0. The van der Waals surface area contributed by atoms with Crippen molar-refractivity contribution in [2.24, 2.45) is 7.05 Å². The fourth-order valence-electron chi connectivity index (χ4n) is 2.45. The zero-order chi connectivity index (χ0) is 18.4. The van der Waals surface area contributed by atoms with Crippen LogP contribution in [0.25, 0.3) is 22.3 Å². The number of ether oxygens (including phenoxy) is 2. The molecule has 0 saturated heterocycles. The minimum atomic E-state index is -3.65. The number of nitrogens with zero attached hydrogens (tertiary/aromatic N) is 4. The fourth-order valence-corrected chi connectivity index (χ4v) is 2.96. The Hall–Kier alpha value is -2.88. The molecule has 3 aromatic rings. The van der Waals surface area contributed by atoms with Gasteiger partial charge in [-0.3, -0.25) is 4.68 Å². The third-order valence-electron chi connectivity index (χ3n) is 3.71. The lowest BCUT2D eigenvalue weighted by Gasteiger charge is -2.11. The van der Waals surface area contributed by atoms with Crippen LogP contribution in [0.15, 0.2) is 23.4 Å². The number of aryl methyl sites for hydroxylation is 1. The number of hydrogen-bond donors (Lipinski definition) is 1. The van der Waals surface area contributed by atoms with Crippen LogP contribution in [0, 0.1) is 0 Å². The first-order valence-corrected chi connectivity index (χ1v) is 9.08. The molecule has 0 aliphatic heterocycles. The zero-order valence-corrected chi connectivity index (χ0v) is 15.0. The Balaban J connectivity index is 2.46. The highest BCUT2D eigenvalue weighted by atomic mass is 32.2. The highest BCUT2D eigenvalue weighted by molar-refractivity contribution is 7.90. The maximum Gasteiger partial charge on any atom is 0.249 e. The third kappa shape index (κ3) is 2.84. The Morgan fingerprint density at radius 3 is 2.48 bits per heavy atom. The smallest absolute Gasteiger partial charge is 0.249 e. The molecule has 25 heavy (non-hydrogen) atoms. The summed E-state index contributed by atoms with van der Waals surface area (Å²) in [5.41, 5.74) is 7.13. The van der Waals surface area contributed by atoms with E-state index in [0.717, 1.165) is 6.26 Å². The van der Waals surface area contributed by atoms with Crippen molar-refractivity contribution in [2.75, 3.05) is 26.2 Å². The van der Waals surface area contributed by atoms with Gasteiger partial charge in [-0.15, -0.1) is 0 Å². The van der Waals surface area contributed by atoms with Crippen molar-refractivity contribution in [3.05, 3.63) is 18.2 Å². The standard InChI is InChI=1S/C15H17N5O4S/c1-20-13(16)11-12(9-7-8(23-2)5-6-10(9)24-3)17-15(25(4,21)22)18-14(11)19-20/h5-7H,16H2,1-4H3. The van der Waals surface area contributed by atoms with Crippen LogP contribution in [0.2, 0.25) is 0 Å². The lowest BCUT2D eigenvalue weighted by atomic mass is 10.1. The normalized spacial score (nSPS) is 11.7. The van der Waals surface area contributed by atoms with Crippen LogP contribution >= 0.6 is 0 Å². The number of aromatic nitrogens is 4. The third-order valence-corrected chi connectivity index (χ3v) is 4.56. The van der Waals surface area contributed by atoms with Crippen molar-refractivity contribution in [2.45, 2.75) is 5.16 Å². The average molecular weight is 363 g/mol. The Bertz CT molecular complexity index is 1080. The first kappa shape index (κ1) is 17.0. The molecule has 2 aromatic heterocycles. The second-order valence-electron chi connectivity index (χ2n) is 5.40. The van der Waals surface area contributed by atoms with E-state index < -0.39 is 9.84 Å². The van der Waals surface area contributed by atoms with Crippen molar-refractivity contribution in [1.82, 2.24) is 19.7 Å². The molecule has 2 heterocycles. The van der Waals surface area contributed by atoms with Gasteiger partial charge in [-0.2, -0.15) is 10.1 Å². The van der Waals surface area contributed by atoms with Gasteiger partial charge in [0.05, 0.1) is 25.3 Å². The lowest BCUT2D eigenvalue weighted by molar-refractivity contribution is 0.404. The highest BCUT2D eigenvalue weighted by Crippen LogP contribution is 2.38. The number of rotatable bonds is 4. The summed E-state index contributed by atoms with van der Waals surface area (Å²) in [7, 11) is 1.03. The van der Waals surface area contributed by atoms with Gasteiger partial charge >= 0.3 is 0 Å². The molecule has 0 amide bonds. The summed E-state index contributed by atoms with van der Waals surface area (Å²) in [6.45, 7) is 0. The Morgan fingerprint density at radius 1 is 1.16 bits per heavy atom. The minimum absolute atomic E-state index is 0.190. The van der Waals surface area contributed by atoms with Crippen LogP contribution in [-0.2, 0) is 16.9 Å². The SMILES string of the molecule is COc1ccc(OC)c(-c2nc(S(C)(=O)=O)nc3nn(C)c(N)c23)c1. The van der Waals surface area contributed by atoms with Gasteiger partial charge in [-0.25, -0.2) is 13.4 Å². The Kier molecular flexibility index (Phi) is 3.99. The maximum absolute atomic E-state index is 12.0. The Morgan fingerprint density at radius 2 is 1.88 bits per heavy atom. The Labute approximate surface area is 144 Å². The number of methoxy groups -OCH3 is 2. The molecule has 0 spiro atoms. The number of anilines is 1. The highest BCUT2D eigenvalue weighted by Gasteiger charge is 2.23. The van der Waals surface area contributed by atoms with Gasteiger partial charge < -0.3 is 15.2 Å². The van der Waals surface area contributed by atoms with Crippen LogP contribution in [0.5, 0.6) is 11.5 Å². The second-order valence-corrected chi connectivity index (χ2v) is 7.31. The van der Waals surface area contributed by atoms with E-state index in [-0.39, 0.29) is 10.8 Å². The molecule has 0 bridgehead atoms. The predicted octanol–water partition coefficient (Wildman–Crippen LogP) is 1.03. The van der Waals surface area contributed by atoms with Crippen LogP contribution < -0.4 is 15.2 Å². The molecule has 0 fully saturated rings. The molecule has 1 aromatic carbocycles. The predicted molar refractivity (Wildman–Crippen MR) is 92.4 cm³/mol. The van der Waals surface area contributed by atoms with Crippen LogP contribution in [-0.4, -0.2) is 48.6 Å². The van der Waals surface area contributed by atoms with Crippen molar-refractivity contribution >= 4 is 26.7 Å². The van der Waals surface area contributed by atoms with E-state index in [9.17, 15) is 8.42 Å². The van der Waals surface area contributed by atoms with E-state index in [4.69, 9.17) is 15.2 Å². The summed E-state index contributed by atoms with van der Waals surface area (Å²) in [6.07, 6.45) is 1.03. The number of benzene rings is 1. The molecule has 2 N–H and O–H groups in total. The van der Waals surface area contributed by atoms with E-state index >= 15 is 0 Å². The molecule has 9 nitrogen and oxygen atoms in total. The molecule has 0 aliphatic rings. The molecule has 0 radical (unpaired) electrons. The summed E-state index contributed by atoms with van der Waals surface area (Å²) in [5, 5.41) is 4.29. The van der Waals surface area contributed by atoms with E-state index in [0.29, 0.717) is 34.0 Å². The zero-order valence-electron chi connectivity index (χ0n) is 14.1. The minimum Gasteiger partial charge on any atom is -0.497 e. The first-order valence-electron chi connectivity index (χ1n) is 7.19. The van der Waals surface area contributed by atoms with Gasteiger partial charge in [0.15, 0.2) is 5.65 Å². The molecular weight excluding hydrogens is 346 g/mol. The van der Waals surface area contributed by atoms with Crippen molar-refractivity contribution < 1.29 is 17.9 Å². The molecule has 10 heteroatoms. The van der Waals surface area contributed by atoms with E-state index in [1.54, 1.807) is 25.2 Å². The first-order chi connectivity index (χ1) is 11.8. The largest absolute Gasteiger partial charge is 0.497 e. The van der Waals surface area contributed by atoms with Gasteiger partial charge in [0.1, 0.15) is 17.3 Å². The van der Waals surface area contributed by atoms with Gasteiger partial charge in [-0.05, 0) is 18.2 Å². The molecule has 132 valence electrons. The van der Waals surface area contributed by atoms with Crippen molar-refractivity contribution in [3.63, 3.8) is 0 Å². The van der Waals surface area contributed by atoms with E-state index in [2.05, 4.69) is 15.1 Å². The van der Waals surface area contributed by atoms with Gasteiger partial charge in [0.25, 0.3) is 0 Å². The van der Waals surface area contributed by atoms with Crippen molar-refractivity contribution in [1.29, 1.82) is 0 Å². The topological polar surface area (TPSA) is 122 Å². The average Bonchev–Trinajstić information content (AvgIpc) is 2.87. The molecule has 0 saturated carbocycles. The van der Waals surface area contributed by atoms with Crippen LogP contribution in [0.1, 0.15) is 0 Å². The fraction of sp³-hybridized carbons (Fsp3) is 0.267. The molecule has 0 atom stereocenters. The molecule has 0 aliphatic carbocycles. The maximum atomic E-state index is 12.0. The molecule has 0 unspecified atom stereocenters. The molecule has 3 rings (SSSR count). The summed E-state index contributed by atoms with van der Waals surface area (Å²) in [5.74, 6) is 1.37. The van der Waals surface area contributed by atoms with Gasteiger partial charge in [0.2, 0.25) is 15.0 Å². The number of sulfone groups is 1. The van der Waals surface area contributed by atoms with Crippen molar-refractivity contribution in [3.8, 4) is 22.8 Å². The number of fused-ring (bicyclic) bond motifs is 1. The van der Waals surface area contributed by atoms with Gasteiger partial charge in [0, 0.05) is 18.9 Å².